The first-order chi connectivity index (χ1) is 10.7. The molecule has 0 aromatic carbocycles. The van der Waals surface area contributed by atoms with Crippen LogP contribution < -0.4 is 0 Å². The molecule has 0 N–H and O–H groups in total. The third kappa shape index (κ3) is 8.07. The van der Waals surface area contributed by atoms with Crippen LogP contribution in [0.4, 0.5) is 0 Å². The van der Waals surface area contributed by atoms with Gasteiger partial charge in [-0.25, -0.2) is 25.3 Å². The Morgan fingerprint density at radius 1 is 0.958 bits per heavy atom. The molecule has 144 valence electrons. The molecule has 4 atom stereocenters. The summed E-state index contributed by atoms with van der Waals surface area (Å²) >= 11 is 0. The third-order valence-electron chi connectivity index (χ3n) is 2.56. The third-order valence-corrected chi connectivity index (χ3v) is 3.92. The minimum atomic E-state index is -5.37. The Hall–Kier alpha value is -0.470. The van der Waals surface area contributed by atoms with E-state index in [9.17, 15) is 38.9 Å². The first-order valence-corrected chi connectivity index (χ1v) is 9.77. The smallest absolute Gasteiger partial charge is 0.218 e. The minimum Gasteiger partial charge on any atom is -0.726 e. The monoisotopic (exact) mass is 415 g/mol. The zero-order valence-corrected chi connectivity index (χ0v) is 14.1. The van der Waals surface area contributed by atoms with E-state index in [1.54, 1.807) is 0 Å². The van der Waals surface area contributed by atoms with Crippen LogP contribution in [0.15, 0.2) is 0 Å². The van der Waals surface area contributed by atoms with Crippen LogP contribution in [0.3, 0.4) is 0 Å². The van der Waals surface area contributed by atoms with Crippen molar-refractivity contribution in [3.05, 3.63) is 0 Å². The van der Waals surface area contributed by atoms with E-state index >= 15 is 0 Å². The second kappa shape index (κ2) is 7.83. The summed E-state index contributed by atoms with van der Waals surface area (Å²) in [5.74, 6) is 0. The Labute approximate surface area is 137 Å². The number of rotatable bonds is 8. The lowest BCUT2D eigenvalue weighted by molar-refractivity contribution is -0.251. The Kier molecular flexibility index (Phi) is 7.03. The summed E-state index contributed by atoms with van der Waals surface area (Å²) in [5.41, 5.74) is 0. The molecule has 0 aromatic heterocycles. The summed E-state index contributed by atoms with van der Waals surface area (Å²) in [7, 11) is -14.9. The van der Waals surface area contributed by atoms with Gasteiger partial charge in [-0.15, -0.1) is 0 Å². The minimum absolute atomic E-state index is 0.670. The van der Waals surface area contributed by atoms with Crippen molar-refractivity contribution in [2.24, 2.45) is 0 Å². The fraction of sp³-hybridized carbons (Fsp3) is 1.00. The topological polar surface area (TPSA) is 218 Å². The van der Waals surface area contributed by atoms with Crippen molar-refractivity contribution in [2.45, 2.75) is 31.0 Å². The summed E-state index contributed by atoms with van der Waals surface area (Å²) in [4.78, 5) is 0. The van der Waals surface area contributed by atoms with Crippen LogP contribution in [0, 0.1) is 0 Å². The van der Waals surface area contributed by atoms with Gasteiger partial charge in [0.1, 0.15) is 6.10 Å². The SMILES string of the molecule is COC1OC(COS(=O)(=O)[O-])CC(OS(=O)(=O)[O-])C1OS(=O)(=O)[O-]. The molecule has 24 heavy (non-hydrogen) atoms. The second-order valence-corrected chi connectivity index (χ2v) is 7.37. The molecule has 1 heterocycles. The summed E-state index contributed by atoms with van der Waals surface area (Å²) in [5, 5.41) is 0. The van der Waals surface area contributed by atoms with E-state index in [0.717, 1.165) is 7.11 Å². The lowest BCUT2D eigenvalue weighted by Gasteiger charge is -2.40. The van der Waals surface area contributed by atoms with Crippen molar-refractivity contribution in [3.63, 3.8) is 0 Å². The second-order valence-electron chi connectivity index (χ2n) is 4.30. The van der Waals surface area contributed by atoms with Crippen molar-refractivity contribution in [1.29, 1.82) is 0 Å². The maximum absolute atomic E-state index is 10.7. The van der Waals surface area contributed by atoms with Crippen molar-refractivity contribution in [3.8, 4) is 0 Å². The Balaban J connectivity index is 3.02. The highest BCUT2D eigenvalue weighted by atomic mass is 32.3. The predicted octanol–water partition coefficient (Wildman–Crippen LogP) is -3.08. The molecule has 0 aliphatic carbocycles. The Morgan fingerprint density at radius 3 is 1.92 bits per heavy atom. The molecule has 0 bridgehead atoms. The summed E-state index contributed by atoms with van der Waals surface area (Å²) in [6.07, 6.45) is -7.66. The van der Waals surface area contributed by atoms with Gasteiger partial charge in [-0.3, -0.25) is 12.5 Å². The van der Waals surface area contributed by atoms with Gasteiger partial charge in [0.05, 0.1) is 12.7 Å². The molecule has 4 unspecified atom stereocenters. The molecular formula is C7H11O14S3-3. The van der Waals surface area contributed by atoms with Gasteiger partial charge in [0, 0.05) is 13.5 Å². The van der Waals surface area contributed by atoms with Crippen LogP contribution in [0.2, 0.25) is 0 Å². The lowest BCUT2D eigenvalue weighted by atomic mass is 10.0. The highest BCUT2D eigenvalue weighted by molar-refractivity contribution is 7.81. The summed E-state index contributed by atoms with van der Waals surface area (Å²) < 4.78 is 117. The van der Waals surface area contributed by atoms with E-state index < -0.39 is 68.8 Å². The molecule has 1 aliphatic heterocycles. The zero-order chi connectivity index (χ0) is 18.8. The molecule has 14 nitrogen and oxygen atoms in total. The fourth-order valence-corrected chi connectivity index (χ4v) is 3.13. The average Bonchev–Trinajstić information content (AvgIpc) is 2.34. The van der Waals surface area contributed by atoms with E-state index in [2.05, 4.69) is 17.3 Å². The quantitative estimate of drug-likeness (QED) is 0.283. The van der Waals surface area contributed by atoms with Crippen LogP contribution in [-0.4, -0.2) is 77.2 Å². The zero-order valence-electron chi connectivity index (χ0n) is 11.7. The highest BCUT2D eigenvalue weighted by Gasteiger charge is 2.43. The van der Waals surface area contributed by atoms with Gasteiger partial charge in [0.25, 0.3) is 0 Å². The first kappa shape index (κ1) is 21.6. The molecule has 0 saturated carbocycles. The number of methoxy groups -OCH3 is 1. The normalized spacial score (nSPS) is 29.5. The molecule has 0 aromatic rings. The largest absolute Gasteiger partial charge is 0.726 e. The molecule has 1 aliphatic rings. The fourth-order valence-electron chi connectivity index (χ4n) is 1.84. The lowest BCUT2D eigenvalue weighted by Crippen LogP contribution is -2.53. The summed E-state index contributed by atoms with van der Waals surface area (Å²) in [6, 6.07) is 0. The molecule has 17 heteroatoms. The van der Waals surface area contributed by atoms with E-state index in [1.807, 2.05) is 0 Å². The van der Waals surface area contributed by atoms with Crippen LogP contribution >= 0.6 is 0 Å². The molecule has 0 radical (unpaired) electrons. The average molecular weight is 415 g/mol. The van der Waals surface area contributed by atoms with E-state index in [0.29, 0.717) is 0 Å². The van der Waals surface area contributed by atoms with Gasteiger partial charge in [-0.1, -0.05) is 0 Å². The Bertz CT molecular complexity index is 722. The van der Waals surface area contributed by atoms with Gasteiger partial charge in [0.15, 0.2) is 12.4 Å². The van der Waals surface area contributed by atoms with Gasteiger partial charge in [-0.05, 0) is 0 Å². The molecular weight excluding hydrogens is 404 g/mol. The molecule has 0 spiro atoms. The van der Waals surface area contributed by atoms with Crippen LogP contribution in [0.5, 0.6) is 0 Å². The van der Waals surface area contributed by atoms with Crippen molar-refractivity contribution >= 4 is 31.2 Å². The summed E-state index contributed by atoms with van der Waals surface area (Å²) in [6.45, 7) is -0.915. The molecule has 1 saturated heterocycles. The standard InChI is InChI=1S/C7H14O14S3/c1-17-7-6(21-24(14,15)16)5(20-23(11,12)13)2-4(19-7)3-18-22(8,9)10/h4-7H,2-3H2,1H3,(H,8,9,10)(H,11,12,13)(H,14,15,16)/p-3. The Morgan fingerprint density at radius 2 is 1.50 bits per heavy atom. The first-order valence-electron chi connectivity index (χ1n) is 5.77. The maximum Gasteiger partial charge on any atom is 0.218 e. The number of hydrogen-bond acceptors (Lipinski definition) is 14. The number of ether oxygens (including phenoxy) is 2. The van der Waals surface area contributed by atoms with Crippen LogP contribution in [0.25, 0.3) is 0 Å². The molecule has 1 rings (SSSR count). The van der Waals surface area contributed by atoms with Crippen molar-refractivity contribution in [1.82, 2.24) is 0 Å². The van der Waals surface area contributed by atoms with Gasteiger partial charge < -0.3 is 23.1 Å². The van der Waals surface area contributed by atoms with E-state index in [1.165, 1.54) is 0 Å². The van der Waals surface area contributed by atoms with E-state index in [4.69, 9.17) is 4.74 Å². The van der Waals surface area contributed by atoms with E-state index in [-0.39, 0.29) is 0 Å². The van der Waals surface area contributed by atoms with Gasteiger partial charge >= 0.3 is 0 Å². The molecule has 0 amide bonds. The number of hydrogen-bond donors (Lipinski definition) is 0. The van der Waals surface area contributed by atoms with Crippen molar-refractivity contribution in [2.75, 3.05) is 13.7 Å². The molecule has 1 fully saturated rings. The van der Waals surface area contributed by atoms with Gasteiger partial charge in [-0.2, -0.15) is 0 Å². The van der Waals surface area contributed by atoms with Crippen molar-refractivity contribution < 1.29 is 60.9 Å². The van der Waals surface area contributed by atoms with Crippen LogP contribution in [-0.2, 0) is 53.2 Å². The predicted molar refractivity (Wildman–Crippen MR) is 65.1 cm³/mol. The maximum atomic E-state index is 10.7. The van der Waals surface area contributed by atoms with Gasteiger partial charge in [0.2, 0.25) is 31.2 Å². The highest BCUT2D eigenvalue weighted by Crippen LogP contribution is 2.28. The van der Waals surface area contributed by atoms with Crippen LogP contribution in [0.1, 0.15) is 6.42 Å².